The molecule has 2 aromatic rings. The second-order valence-electron chi connectivity index (χ2n) is 7.58. The number of para-hydroxylation sites is 1. The Morgan fingerprint density at radius 3 is 2.60 bits per heavy atom. The number of amides is 2. The third-order valence-electron chi connectivity index (χ3n) is 5.60. The Hall–Kier alpha value is -2.80. The Kier molecular flexibility index (Phi) is 7.52. The lowest BCUT2D eigenvalue weighted by Crippen LogP contribution is -2.44. The summed E-state index contributed by atoms with van der Waals surface area (Å²) in [5.41, 5.74) is 1.91. The number of nitrogens with one attached hydrogen (secondary N) is 1. The van der Waals surface area contributed by atoms with Gasteiger partial charge in [0.05, 0.1) is 23.8 Å². The fraction of sp³-hybridized carbons (Fsp3) is 0.478. The second kappa shape index (κ2) is 10.3. The van der Waals surface area contributed by atoms with Crippen molar-refractivity contribution < 1.29 is 9.59 Å². The van der Waals surface area contributed by atoms with Crippen molar-refractivity contribution in [1.82, 2.24) is 19.8 Å². The Morgan fingerprint density at radius 2 is 1.90 bits per heavy atom. The molecule has 1 aromatic heterocycles. The number of aryl methyl sites for hydroxylation is 1. The number of anilines is 1. The van der Waals surface area contributed by atoms with E-state index in [9.17, 15) is 9.59 Å². The lowest BCUT2D eigenvalue weighted by Gasteiger charge is -2.36. The van der Waals surface area contributed by atoms with E-state index in [0.29, 0.717) is 36.7 Å². The third kappa shape index (κ3) is 5.21. The Bertz CT molecular complexity index is 867. The minimum atomic E-state index is -0.225. The molecule has 30 heavy (non-hydrogen) atoms. The van der Waals surface area contributed by atoms with Gasteiger partial charge in [-0.25, -0.2) is 9.97 Å². The van der Waals surface area contributed by atoms with Crippen LogP contribution in [0.1, 0.15) is 61.0 Å². The van der Waals surface area contributed by atoms with E-state index in [4.69, 9.17) is 0 Å². The molecule has 7 nitrogen and oxygen atoms in total. The fourth-order valence-electron chi connectivity index (χ4n) is 3.98. The third-order valence-corrected chi connectivity index (χ3v) is 5.60. The first-order chi connectivity index (χ1) is 14.5. The van der Waals surface area contributed by atoms with Crippen molar-refractivity contribution in [3.63, 3.8) is 0 Å². The van der Waals surface area contributed by atoms with Gasteiger partial charge in [0.25, 0.3) is 5.91 Å². The molecule has 1 aliphatic rings. The van der Waals surface area contributed by atoms with Gasteiger partial charge in [0.2, 0.25) is 5.91 Å². The zero-order chi connectivity index (χ0) is 21.5. The van der Waals surface area contributed by atoms with Crippen molar-refractivity contribution in [2.24, 2.45) is 0 Å². The van der Waals surface area contributed by atoms with E-state index in [0.717, 1.165) is 31.5 Å². The lowest BCUT2D eigenvalue weighted by molar-refractivity contribution is -0.133. The average Bonchev–Trinajstić information content (AvgIpc) is 2.75. The van der Waals surface area contributed by atoms with Gasteiger partial charge in [0, 0.05) is 25.0 Å². The highest BCUT2D eigenvalue weighted by molar-refractivity contribution is 6.04. The van der Waals surface area contributed by atoms with Crippen LogP contribution < -0.4 is 5.32 Å². The van der Waals surface area contributed by atoms with Crippen LogP contribution in [0.3, 0.4) is 0 Å². The summed E-state index contributed by atoms with van der Waals surface area (Å²) in [6, 6.07) is 9.29. The van der Waals surface area contributed by atoms with Gasteiger partial charge in [-0.15, -0.1) is 0 Å². The maximum absolute atomic E-state index is 13.0. The second-order valence-corrected chi connectivity index (χ2v) is 7.58. The Morgan fingerprint density at radius 1 is 1.17 bits per heavy atom. The van der Waals surface area contributed by atoms with Crippen molar-refractivity contribution in [3.05, 3.63) is 53.6 Å². The van der Waals surface area contributed by atoms with Crippen molar-refractivity contribution in [1.29, 1.82) is 0 Å². The van der Waals surface area contributed by atoms with Crippen molar-refractivity contribution in [3.8, 4) is 0 Å². The monoisotopic (exact) mass is 409 g/mol. The molecular weight excluding hydrogens is 378 g/mol. The highest BCUT2D eigenvalue weighted by atomic mass is 16.2. The number of likely N-dealkylation sites (N-methyl/N-ethyl adjacent to an activating group) is 1. The molecule has 1 N–H and O–H groups in total. The molecular formula is C23H31N5O2. The van der Waals surface area contributed by atoms with Crippen molar-refractivity contribution >= 4 is 17.5 Å². The number of hydrogen-bond acceptors (Lipinski definition) is 5. The molecule has 0 unspecified atom stereocenters. The van der Waals surface area contributed by atoms with Crippen LogP contribution in [-0.2, 0) is 4.79 Å². The number of piperidine rings is 1. The van der Waals surface area contributed by atoms with Gasteiger partial charge < -0.3 is 10.2 Å². The van der Waals surface area contributed by atoms with E-state index < -0.39 is 0 Å². The molecule has 2 heterocycles. The average molecular weight is 410 g/mol. The number of nitrogens with zero attached hydrogens (tertiary/aromatic N) is 4. The van der Waals surface area contributed by atoms with Gasteiger partial charge in [-0.2, -0.15) is 0 Å². The van der Waals surface area contributed by atoms with Gasteiger partial charge >= 0.3 is 0 Å². The molecule has 1 aromatic carbocycles. The van der Waals surface area contributed by atoms with Crippen LogP contribution in [0, 0.1) is 6.92 Å². The number of rotatable bonds is 7. The Balaban J connectivity index is 1.87. The summed E-state index contributed by atoms with van der Waals surface area (Å²) in [6.45, 7) is 8.38. The van der Waals surface area contributed by atoms with E-state index in [2.05, 4.69) is 20.2 Å². The lowest BCUT2D eigenvalue weighted by atomic mass is 9.96. The molecule has 0 radical (unpaired) electrons. The minimum absolute atomic E-state index is 0.0727. The summed E-state index contributed by atoms with van der Waals surface area (Å²) >= 11 is 0. The zero-order valence-electron chi connectivity index (χ0n) is 18.1. The van der Waals surface area contributed by atoms with Crippen LogP contribution in [0.15, 0.2) is 36.5 Å². The Labute approximate surface area is 178 Å². The van der Waals surface area contributed by atoms with Crippen molar-refractivity contribution in [2.45, 2.75) is 46.1 Å². The molecule has 0 bridgehead atoms. The maximum Gasteiger partial charge on any atom is 0.259 e. The minimum Gasteiger partial charge on any atom is -0.342 e. The highest BCUT2D eigenvalue weighted by Crippen LogP contribution is 2.32. The van der Waals surface area contributed by atoms with Gasteiger partial charge in [-0.05, 0) is 52.3 Å². The molecule has 0 saturated carbocycles. The summed E-state index contributed by atoms with van der Waals surface area (Å²) in [5.74, 6) is 0.520. The molecule has 7 heteroatoms. The van der Waals surface area contributed by atoms with Gasteiger partial charge in [0.15, 0.2) is 0 Å². The van der Waals surface area contributed by atoms with E-state index in [1.165, 1.54) is 0 Å². The number of aromatic nitrogens is 2. The largest absolute Gasteiger partial charge is 0.342 e. The van der Waals surface area contributed by atoms with Crippen LogP contribution in [0.5, 0.6) is 0 Å². The van der Waals surface area contributed by atoms with E-state index in [-0.39, 0.29) is 17.9 Å². The van der Waals surface area contributed by atoms with Crippen LogP contribution >= 0.6 is 0 Å². The standard InChI is InChI=1S/C23H31N5O2/c1-4-27(5-2)21(29)16-28-14-10-9-13-20(28)22-19(15-24-17(3)25-22)23(30)26-18-11-7-6-8-12-18/h6-8,11-12,15,20H,4-5,9-10,13-14,16H2,1-3H3,(H,26,30)/t20-/m0/s1. The molecule has 1 atom stereocenters. The number of hydrogen-bond donors (Lipinski definition) is 1. The predicted molar refractivity (Wildman–Crippen MR) is 117 cm³/mol. The summed E-state index contributed by atoms with van der Waals surface area (Å²) < 4.78 is 0. The smallest absolute Gasteiger partial charge is 0.259 e. The fourth-order valence-corrected chi connectivity index (χ4v) is 3.98. The quantitative estimate of drug-likeness (QED) is 0.758. The van der Waals surface area contributed by atoms with Crippen LogP contribution in [0.25, 0.3) is 0 Å². The van der Waals surface area contributed by atoms with Gasteiger partial charge in [-0.3, -0.25) is 14.5 Å². The molecule has 1 saturated heterocycles. The number of carbonyl (C=O) groups excluding carboxylic acids is 2. The summed E-state index contributed by atoms with van der Waals surface area (Å²) in [5, 5.41) is 2.94. The normalized spacial score (nSPS) is 16.8. The maximum atomic E-state index is 13.0. The summed E-state index contributed by atoms with van der Waals surface area (Å²) in [4.78, 5) is 38.7. The number of likely N-dealkylation sites (tertiary alicyclic amines) is 1. The first-order valence-electron chi connectivity index (χ1n) is 10.7. The summed E-state index contributed by atoms with van der Waals surface area (Å²) in [6.07, 6.45) is 4.56. The van der Waals surface area contributed by atoms with E-state index in [1.807, 2.05) is 56.0 Å². The van der Waals surface area contributed by atoms with Gasteiger partial charge in [0.1, 0.15) is 5.82 Å². The summed E-state index contributed by atoms with van der Waals surface area (Å²) in [7, 11) is 0. The SMILES string of the molecule is CCN(CC)C(=O)CN1CCCC[C@H]1c1nc(C)ncc1C(=O)Nc1ccccc1. The highest BCUT2D eigenvalue weighted by Gasteiger charge is 2.31. The molecule has 0 spiro atoms. The van der Waals surface area contributed by atoms with Crippen molar-refractivity contribution in [2.75, 3.05) is 31.5 Å². The van der Waals surface area contributed by atoms with Crippen LogP contribution in [0.4, 0.5) is 5.69 Å². The molecule has 1 aliphatic heterocycles. The van der Waals surface area contributed by atoms with E-state index in [1.54, 1.807) is 6.20 Å². The number of carbonyl (C=O) groups is 2. The first-order valence-corrected chi connectivity index (χ1v) is 10.7. The van der Waals surface area contributed by atoms with Crippen LogP contribution in [0.2, 0.25) is 0 Å². The first kappa shape index (κ1) is 21.9. The van der Waals surface area contributed by atoms with E-state index >= 15 is 0 Å². The topological polar surface area (TPSA) is 78.4 Å². The molecule has 3 rings (SSSR count). The molecule has 160 valence electrons. The van der Waals surface area contributed by atoms with Crippen LogP contribution in [-0.4, -0.2) is 57.8 Å². The predicted octanol–water partition coefficient (Wildman–Crippen LogP) is 3.43. The zero-order valence-corrected chi connectivity index (χ0v) is 18.1. The molecule has 1 fully saturated rings. The van der Waals surface area contributed by atoms with Gasteiger partial charge in [-0.1, -0.05) is 24.6 Å². The number of benzene rings is 1. The molecule has 0 aliphatic carbocycles. The molecule has 2 amide bonds.